The van der Waals surface area contributed by atoms with Crippen LogP contribution in [0.2, 0.25) is 0 Å². The fourth-order valence-corrected chi connectivity index (χ4v) is 1.84. The maximum Gasteiger partial charge on any atom is 0.261 e. The van der Waals surface area contributed by atoms with Crippen LogP contribution >= 0.6 is 0 Å². The normalized spacial score (nSPS) is 9.95. The van der Waals surface area contributed by atoms with Crippen molar-refractivity contribution in [2.75, 3.05) is 6.61 Å². The molecule has 2 rings (SSSR count). The van der Waals surface area contributed by atoms with Gasteiger partial charge in [0, 0.05) is 0 Å². The molecule has 21 heavy (non-hydrogen) atoms. The Bertz CT molecular complexity index is 667. The standard InChI is InChI=1S/C16H15NO4/c1-2-21-14-10-6-4-8-12(14)16(20)17-15(19)11-7-3-5-9-13(11)18/h3-10,18H,2H2,1H3,(H,17,19,20). The number of hydrogen-bond donors (Lipinski definition) is 2. The van der Waals surface area contributed by atoms with Gasteiger partial charge in [-0.15, -0.1) is 0 Å². The number of phenols is 1. The summed E-state index contributed by atoms with van der Waals surface area (Å²) in [5.41, 5.74) is 0.308. The van der Waals surface area contributed by atoms with Crippen molar-refractivity contribution in [3.8, 4) is 11.5 Å². The zero-order valence-corrected chi connectivity index (χ0v) is 11.5. The lowest BCUT2D eigenvalue weighted by atomic mass is 10.1. The molecule has 0 heterocycles. The summed E-state index contributed by atoms with van der Waals surface area (Å²) in [7, 11) is 0. The molecule has 0 aliphatic carbocycles. The maximum atomic E-state index is 12.1. The van der Waals surface area contributed by atoms with Gasteiger partial charge in [-0.1, -0.05) is 24.3 Å². The Kier molecular flexibility index (Phi) is 4.56. The molecule has 0 radical (unpaired) electrons. The third kappa shape index (κ3) is 3.39. The van der Waals surface area contributed by atoms with Crippen molar-refractivity contribution in [1.29, 1.82) is 0 Å². The minimum absolute atomic E-state index is 0.0414. The van der Waals surface area contributed by atoms with Crippen LogP contribution in [0.4, 0.5) is 0 Å². The number of phenolic OH excluding ortho intramolecular Hbond substituents is 1. The van der Waals surface area contributed by atoms with Crippen LogP contribution in [0.3, 0.4) is 0 Å². The molecule has 0 saturated carbocycles. The van der Waals surface area contributed by atoms with Gasteiger partial charge >= 0.3 is 0 Å². The van der Waals surface area contributed by atoms with Crippen LogP contribution in [-0.4, -0.2) is 23.5 Å². The van der Waals surface area contributed by atoms with Gasteiger partial charge in [-0.05, 0) is 31.2 Å². The summed E-state index contributed by atoms with van der Waals surface area (Å²) in [6.07, 6.45) is 0. The van der Waals surface area contributed by atoms with E-state index in [1.807, 2.05) is 6.92 Å². The largest absolute Gasteiger partial charge is 0.507 e. The number of ether oxygens (including phenoxy) is 1. The molecule has 5 heteroatoms. The van der Waals surface area contributed by atoms with E-state index in [1.165, 1.54) is 12.1 Å². The van der Waals surface area contributed by atoms with Gasteiger partial charge in [-0.3, -0.25) is 14.9 Å². The lowest BCUT2D eigenvalue weighted by Crippen LogP contribution is -2.30. The molecule has 108 valence electrons. The van der Waals surface area contributed by atoms with Crippen LogP contribution in [0.5, 0.6) is 11.5 Å². The first-order valence-corrected chi connectivity index (χ1v) is 6.49. The number of aromatic hydroxyl groups is 1. The molecule has 2 aromatic carbocycles. The van der Waals surface area contributed by atoms with Crippen molar-refractivity contribution >= 4 is 11.8 Å². The number of amides is 2. The Morgan fingerprint density at radius 1 is 1.00 bits per heavy atom. The Morgan fingerprint density at radius 2 is 1.57 bits per heavy atom. The number of para-hydroxylation sites is 2. The molecule has 0 aromatic heterocycles. The third-order valence-corrected chi connectivity index (χ3v) is 2.81. The maximum absolute atomic E-state index is 12.1. The highest BCUT2D eigenvalue weighted by Gasteiger charge is 2.17. The molecule has 2 amide bonds. The summed E-state index contributed by atoms with van der Waals surface area (Å²) in [6.45, 7) is 2.22. The first kappa shape index (κ1) is 14.6. The SMILES string of the molecule is CCOc1ccccc1C(=O)NC(=O)c1ccccc1O. The smallest absolute Gasteiger partial charge is 0.261 e. The van der Waals surface area contributed by atoms with Gasteiger partial charge in [-0.2, -0.15) is 0 Å². The predicted molar refractivity (Wildman–Crippen MR) is 77.5 cm³/mol. The molecule has 2 aromatic rings. The monoisotopic (exact) mass is 285 g/mol. The number of rotatable bonds is 4. The van der Waals surface area contributed by atoms with Crippen LogP contribution in [0.1, 0.15) is 27.6 Å². The number of carbonyl (C=O) groups excluding carboxylic acids is 2. The Balaban J connectivity index is 2.19. The molecule has 0 saturated heterocycles. The molecule has 0 bridgehead atoms. The molecule has 0 unspecified atom stereocenters. The van der Waals surface area contributed by atoms with E-state index >= 15 is 0 Å². The van der Waals surface area contributed by atoms with Crippen LogP contribution < -0.4 is 10.1 Å². The number of benzene rings is 2. The van der Waals surface area contributed by atoms with Gasteiger partial charge in [0.25, 0.3) is 11.8 Å². The van der Waals surface area contributed by atoms with Crippen molar-refractivity contribution in [3.05, 3.63) is 59.7 Å². The topological polar surface area (TPSA) is 75.6 Å². The minimum atomic E-state index is -0.663. The van der Waals surface area contributed by atoms with E-state index in [0.29, 0.717) is 12.4 Å². The minimum Gasteiger partial charge on any atom is -0.507 e. The van der Waals surface area contributed by atoms with Crippen molar-refractivity contribution in [2.24, 2.45) is 0 Å². The number of hydrogen-bond acceptors (Lipinski definition) is 4. The number of carbonyl (C=O) groups is 2. The quantitative estimate of drug-likeness (QED) is 0.846. The van der Waals surface area contributed by atoms with Gasteiger partial charge in [-0.25, -0.2) is 0 Å². The summed E-state index contributed by atoms with van der Waals surface area (Å²) >= 11 is 0. The molecule has 5 nitrogen and oxygen atoms in total. The van der Waals surface area contributed by atoms with Gasteiger partial charge in [0.15, 0.2) is 0 Å². The van der Waals surface area contributed by atoms with Gasteiger partial charge < -0.3 is 9.84 Å². The molecular weight excluding hydrogens is 270 g/mol. The van der Waals surface area contributed by atoms with Crippen LogP contribution in [0.25, 0.3) is 0 Å². The molecule has 0 aliphatic heterocycles. The number of nitrogens with one attached hydrogen (secondary N) is 1. The van der Waals surface area contributed by atoms with E-state index < -0.39 is 11.8 Å². The van der Waals surface area contributed by atoms with E-state index in [0.717, 1.165) is 0 Å². The van der Waals surface area contributed by atoms with E-state index in [4.69, 9.17) is 4.74 Å². The Hall–Kier alpha value is -2.82. The van der Waals surface area contributed by atoms with E-state index in [9.17, 15) is 14.7 Å². The van der Waals surface area contributed by atoms with E-state index in [2.05, 4.69) is 5.32 Å². The molecular formula is C16H15NO4. The third-order valence-electron chi connectivity index (χ3n) is 2.81. The summed E-state index contributed by atoms with van der Waals surface area (Å²) < 4.78 is 5.35. The van der Waals surface area contributed by atoms with E-state index in [1.54, 1.807) is 36.4 Å². The zero-order chi connectivity index (χ0) is 15.2. The van der Waals surface area contributed by atoms with Crippen molar-refractivity contribution in [3.63, 3.8) is 0 Å². The summed E-state index contributed by atoms with van der Waals surface area (Å²) in [5.74, 6) is -1.01. The fraction of sp³-hybridized carbons (Fsp3) is 0.125. The summed E-state index contributed by atoms with van der Waals surface area (Å²) in [4.78, 5) is 24.1. The van der Waals surface area contributed by atoms with Crippen molar-refractivity contribution in [1.82, 2.24) is 5.32 Å². The summed E-state index contributed by atoms with van der Waals surface area (Å²) in [6, 6.07) is 12.7. The lowest BCUT2D eigenvalue weighted by molar-refractivity contribution is 0.0846. The van der Waals surface area contributed by atoms with Crippen molar-refractivity contribution < 1.29 is 19.4 Å². The van der Waals surface area contributed by atoms with Crippen LogP contribution in [-0.2, 0) is 0 Å². The van der Waals surface area contributed by atoms with Gasteiger partial charge in [0.05, 0.1) is 17.7 Å². The van der Waals surface area contributed by atoms with Crippen LogP contribution in [0.15, 0.2) is 48.5 Å². The highest BCUT2D eigenvalue weighted by molar-refractivity contribution is 6.12. The molecule has 0 spiro atoms. The molecule has 0 aliphatic rings. The first-order chi connectivity index (χ1) is 10.1. The predicted octanol–water partition coefficient (Wildman–Crippen LogP) is 2.36. The lowest BCUT2D eigenvalue weighted by Gasteiger charge is -2.10. The fourth-order valence-electron chi connectivity index (χ4n) is 1.84. The zero-order valence-electron chi connectivity index (χ0n) is 11.5. The van der Waals surface area contributed by atoms with Crippen molar-refractivity contribution in [2.45, 2.75) is 6.92 Å². The Labute approximate surface area is 122 Å². The Morgan fingerprint density at radius 3 is 2.24 bits per heavy atom. The first-order valence-electron chi connectivity index (χ1n) is 6.49. The van der Waals surface area contributed by atoms with Crippen LogP contribution in [0, 0.1) is 0 Å². The molecule has 0 atom stereocenters. The molecule has 2 N–H and O–H groups in total. The second-order valence-corrected chi connectivity index (χ2v) is 4.23. The van der Waals surface area contributed by atoms with E-state index in [-0.39, 0.29) is 16.9 Å². The highest BCUT2D eigenvalue weighted by atomic mass is 16.5. The van der Waals surface area contributed by atoms with Gasteiger partial charge in [0.2, 0.25) is 0 Å². The summed E-state index contributed by atoms with van der Waals surface area (Å²) in [5, 5.41) is 11.8. The molecule has 0 fully saturated rings. The van der Waals surface area contributed by atoms with Gasteiger partial charge in [0.1, 0.15) is 11.5 Å². The average molecular weight is 285 g/mol. The second-order valence-electron chi connectivity index (χ2n) is 4.23. The second kappa shape index (κ2) is 6.56. The average Bonchev–Trinajstić information content (AvgIpc) is 2.48. The highest BCUT2D eigenvalue weighted by Crippen LogP contribution is 2.19. The number of imide groups is 1.